The zero-order chi connectivity index (χ0) is 8.67. The fourth-order valence-electron chi connectivity index (χ4n) is 3.04. The predicted octanol–water partition coefficient (Wildman–Crippen LogP) is 2.99. The van der Waals surface area contributed by atoms with E-state index in [2.05, 4.69) is 23.3 Å². The Morgan fingerprint density at radius 3 is 2.77 bits per heavy atom. The fourth-order valence-corrected chi connectivity index (χ4v) is 3.04. The molecule has 68 valence electrons. The van der Waals surface area contributed by atoms with Gasteiger partial charge in [0.25, 0.3) is 0 Å². The molecule has 3 fully saturated rings. The third kappa shape index (κ3) is 1.18. The lowest BCUT2D eigenvalue weighted by molar-refractivity contribution is 0.0888. The molecule has 0 aromatic carbocycles. The molecule has 1 aromatic rings. The molecule has 1 heteroatoms. The van der Waals surface area contributed by atoms with Gasteiger partial charge >= 0.3 is 0 Å². The number of fused-ring (bicyclic) bond motifs is 2. The number of hydrogen-bond acceptors (Lipinski definition) is 1. The zero-order valence-corrected chi connectivity index (χ0v) is 7.82. The molecule has 0 spiro atoms. The summed E-state index contributed by atoms with van der Waals surface area (Å²) in [6, 6.07) is 4.32. The van der Waals surface area contributed by atoms with Gasteiger partial charge in [-0.25, -0.2) is 0 Å². The Bertz CT molecular complexity index is 284. The summed E-state index contributed by atoms with van der Waals surface area (Å²) in [5.41, 5.74) is 1.48. The molecule has 13 heavy (non-hydrogen) atoms. The van der Waals surface area contributed by atoms with Crippen molar-refractivity contribution in [3.05, 3.63) is 30.1 Å². The molecule has 1 nitrogen and oxygen atoms in total. The molecule has 3 saturated carbocycles. The predicted molar refractivity (Wildman–Crippen MR) is 52.4 cm³/mol. The summed E-state index contributed by atoms with van der Waals surface area (Å²) in [5, 5.41) is 0. The van der Waals surface area contributed by atoms with Crippen molar-refractivity contribution in [2.75, 3.05) is 0 Å². The second-order valence-electron chi connectivity index (χ2n) is 4.57. The van der Waals surface area contributed by atoms with Crippen molar-refractivity contribution in [1.82, 2.24) is 4.98 Å². The monoisotopic (exact) mass is 173 g/mol. The van der Waals surface area contributed by atoms with Gasteiger partial charge in [0.2, 0.25) is 0 Å². The van der Waals surface area contributed by atoms with Crippen LogP contribution in [0.25, 0.3) is 0 Å². The molecule has 0 aliphatic heterocycles. The van der Waals surface area contributed by atoms with E-state index in [9.17, 15) is 0 Å². The highest BCUT2D eigenvalue weighted by molar-refractivity contribution is 5.18. The lowest BCUT2D eigenvalue weighted by atomic mass is 9.59. The van der Waals surface area contributed by atoms with E-state index in [0.717, 1.165) is 17.8 Å². The Morgan fingerprint density at radius 2 is 2.15 bits per heavy atom. The van der Waals surface area contributed by atoms with Crippen LogP contribution in [0.4, 0.5) is 0 Å². The van der Waals surface area contributed by atoms with Gasteiger partial charge in [0.15, 0.2) is 0 Å². The average Bonchev–Trinajstić information content (AvgIpc) is 2.18. The maximum atomic E-state index is 4.21. The molecule has 3 aliphatic rings. The highest BCUT2D eigenvalue weighted by Gasteiger charge is 2.40. The minimum Gasteiger partial charge on any atom is -0.264 e. The SMILES string of the molecule is c1cncc(C2CCC3CC2C3)c1. The standard InChI is InChI=1S/C12H15N/c1-2-10(8-13-5-1)12-4-3-9-6-11(12)7-9/h1-2,5,8-9,11-12H,3-4,6-7H2. The first kappa shape index (κ1) is 7.54. The molecule has 0 radical (unpaired) electrons. The van der Waals surface area contributed by atoms with Gasteiger partial charge in [-0.3, -0.25) is 4.98 Å². The summed E-state index contributed by atoms with van der Waals surface area (Å²) in [6.45, 7) is 0. The molecular weight excluding hydrogens is 158 g/mol. The molecule has 0 amide bonds. The van der Waals surface area contributed by atoms with Gasteiger partial charge in [-0.2, -0.15) is 0 Å². The van der Waals surface area contributed by atoms with Gasteiger partial charge in [-0.05, 0) is 55.1 Å². The highest BCUT2D eigenvalue weighted by Crippen LogP contribution is 2.52. The van der Waals surface area contributed by atoms with Crippen molar-refractivity contribution in [3.63, 3.8) is 0 Å². The van der Waals surface area contributed by atoms with Crippen molar-refractivity contribution in [3.8, 4) is 0 Å². The van der Waals surface area contributed by atoms with Gasteiger partial charge in [-0.1, -0.05) is 6.07 Å². The summed E-state index contributed by atoms with van der Waals surface area (Å²) in [4.78, 5) is 4.21. The first-order chi connectivity index (χ1) is 6.43. The Labute approximate surface area is 79.2 Å². The number of aromatic nitrogens is 1. The second kappa shape index (κ2) is 2.83. The zero-order valence-electron chi connectivity index (χ0n) is 7.82. The summed E-state index contributed by atoms with van der Waals surface area (Å²) >= 11 is 0. The van der Waals surface area contributed by atoms with Crippen LogP contribution in [-0.4, -0.2) is 4.98 Å². The molecule has 3 aliphatic carbocycles. The molecular formula is C12H15N. The number of pyridine rings is 1. The van der Waals surface area contributed by atoms with Gasteiger partial charge in [0, 0.05) is 12.4 Å². The number of hydrogen-bond donors (Lipinski definition) is 0. The molecule has 1 atom stereocenters. The van der Waals surface area contributed by atoms with E-state index in [1.54, 1.807) is 0 Å². The van der Waals surface area contributed by atoms with Crippen LogP contribution in [0.1, 0.15) is 37.2 Å². The molecule has 0 N–H and O–H groups in total. The van der Waals surface area contributed by atoms with Gasteiger partial charge < -0.3 is 0 Å². The Hall–Kier alpha value is -0.850. The molecule has 1 unspecified atom stereocenters. The molecule has 0 saturated heterocycles. The topological polar surface area (TPSA) is 12.9 Å². The average molecular weight is 173 g/mol. The van der Waals surface area contributed by atoms with Crippen LogP contribution in [0, 0.1) is 11.8 Å². The van der Waals surface area contributed by atoms with Gasteiger partial charge in [0.05, 0.1) is 0 Å². The van der Waals surface area contributed by atoms with Crippen LogP contribution in [0.15, 0.2) is 24.5 Å². The third-order valence-electron chi connectivity index (χ3n) is 3.84. The lowest BCUT2D eigenvalue weighted by Crippen LogP contribution is -2.34. The van der Waals surface area contributed by atoms with Crippen LogP contribution in [0.3, 0.4) is 0 Å². The van der Waals surface area contributed by atoms with Gasteiger partial charge in [0.1, 0.15) is 0 Å². The molecule has 2 bridgehead atoms. The van der Waals surface area contributed by atoms with Gasteiger partial charge in [-0.15, -0.1) is 0 Å². The van der Waals surface area contributed by atoms with Crippen molar-refractivity contribution in [2.45, 2.75) is 31.6 Å². The first-order valence-electron chi connectivity index (χ1n) is 5.33. The summed E-state index contributed by atoms with van der Waals surface area (Å²) in [5.74, 6) is 2.90. The third-order valence-corrected chi connectivity index (χ3v) is 3.84. The van der Waals surface area contributed by atoms with Crippen molar-refractivity contribution >= 4 is 0 Å². The Kier molecular flexibility index (Phi) is 1.64. The van der Waals surface area contributed by atoms with Crippen molar-refractivity contribution in [1.29, 1.82) is 0 Å². The van der Waals surface area contributed by atoms with Crippen LogP contribution in [0.2, 0.25) is 0 Å². The van der Waals surface area contributed by atoms with E-state index in [-0.39, 0.29) is 0 Å². The summed E-state index contributed by atoms with van der Waals surface area (Å²) in [6.07, 6.45) is 9.76. The highest BCUT2D eigenvalue weighted by atomic mass is 14.6. The lowest BCUT2D eigenvalue weighted by Gasteiger charge is -2.46. The molecule has 1 aromatic heterocycles. The summed E-state index contributed by atoms with van der Waals surface area (Å²) in [7, 11) is 0. The molecule has 1 heterocycles. The maximum Gasteiger partial charge on any atom is 0.0302 e. The number of rotatable bonds is 1. The minimum atomic E-state index is 0.832. The van der Waals surface area contributed by atoms with Crippen LogP contribution in [0.5, 0.6) is 0 Å². The smallest absolute Gasteiger partial charge is 0.0302 e. The normalized spacial score (nSPS) is 36.8. The van der Waals surface area contributed by atoms with Crippen LogP contribution in [-0.2, 0) is 0 Å². The van der Waals surface area contributed by atoms with E-state index < -0.39 is 0 Å². The van der Waals surface area contributed by atoms with Crippen molar-refractivity contribution < 1.29 is 0 Å². The summed E-state index contributed by atoms with van der Waals surface area (Å²) < 4.78 is 0. The second-order valence-corrected chi connectivity index (χ2v) is 4.57. The fraction of sp³-hybridized carbons (Fsp3) is 0.583. The van der Waals surface area contributed by atoms with E-state index in [4.69, 9.17) is 0 Å². The number of nitrogens with zero attached hydrogens (tertiary/aromatic N) is 1. The quantitative estimate of drug-likeness (QED) is 0.636. The maximum absolute atomic E-state index is 4.21. The first-order valence-corrected chi connectivity index (χ1v) is 5.33. The van der Waals surface area contributed by atoms with E-state index in [1.807, 2.05) is 6.20 Å². The molecule has 4 rings (SSSR count). The Balaban J connectivity index is 1.85. The van der Waals surface area contributed by atoms with E-state index in [1.165, 1.54) is 31.2 Å². The largest absolute Gasteiger partial charge is 0.264 e. The Morgan fingerprint density at radius 1 is 1.23 bits per heavy atom. The van der Waals surface area contributed by atoms with Crippen molar-refractivity contribution in [2.24, 2.45) is 11.8 Å². The van der Waals surface area contributed by atoms with E-state index >= 15 is 0 Å². The minimum absolute atomic E-state index is 0.832. The van der Waals surface area contributed by atoms with Crippen LogP contribution < -0.4 is 0 Å². The van der Waals surface area contributed by atoms with E-state index in [0.29, 0.717) is 0 Å². The van der Waals surface area contributed by atoms with Crippen LogP contribution >= 0.6 is 0 Å².